The molecule has 1 aromatic heterocycles. The van der Waals surface area contributed by atoms with Gasteiger partial charge in [0.15, 0.2) is 0 Å². The molecule has 0 atom stereocenters. The van der Waals surface area contributed by atoms with Crippen molar-refractivity contribution in [3.05, 3.63) is 52.9 Å². The Morgan fingerprint density at radius 3 is 2.66 bits per heavy atom. The molecule has 1 aromatic carbocycles. The van der Waals surface area contributed by atoms with Gasteiger partial charge in [-0.2, -0.15) is 0 Å². The summed E-state index contributed by atoms with van der Waals surface area (Å²) in [6.45, 7) is 5.58. The quantitative estimate of drug-likeness (QED) is 0.724. The minimum atomic E-state index is -0.291. The Morgan fingerprint density at radius 1 is 1.24 bits per heavy atom. The predicted molar refractivity (Wildman–Crippen MR) is 109 cm³/mol. The molecule has 1 aliphatic heterocycles. The zero-order valence-electron chi connectivity index (χ0n) is 16.7. The molecule has 7 nitrogen and oxygen atoms in total. The third-order valence-corrected chi connectivity index (χ3v) is 5.29. The maximum absolute atomic E-state index is 12.9. The number of hydrogen-bond acceptors (Lipinski definition) is 4. The highest BCUT2D eigenvalue weighted by atomic mass is 35.5. The lowest BCUT2D eigenvalue weighted by atomic mass is 10.2. The lowest BCUT2D eigenvalue weighted by Crippen LogP contribution is -2.43. The van der Waals surface area contributed by atoms with Gasteiger partial charge < -0.3 is 14.2 Å². The van der Waals surface area contributed by atoms with Crippen molar-refractivity contribution in [1.82, 2.24) is 9.80 Å². The Labute approximate surface area is 174 Å². The molecule has 0 aliphatic carbocycles. The van der Waals surface area contributed by atoms with E-state index in [9.17, 15) is 14.4 Å². The van der Waals surface area contributed by atoms with E-state index < -0.39 is 0 Å². The van der Waals surface area contributed by atoms with Gasteiger partial charge in [-0.15, -0.1) is 0 Å². The van der Waals surface area contributed by atoms with Gasteiger partial charge in [-0.05, 0) is 36.8 Å². The van der Waals surface area contributed by atoms with Crippen LogP contribution in [0.25, 0.3) is 0 Å². The summed E-state index contributed by atoms with van der Waals surface area (Å²) >= 11 is 6.17. The molecule has 0 unspecified atom stereocenters. The van der Waals surface area contributed by atoms with Crippen molar-refractivity contribution in [3.8, 4) is 0 Å². The van der Waals surface area contributed by atoms with Crippen LogP contribution in [-0.4, -0.2) is 47.3 Å². The Hall–Kier alpha value is -2.80. The Kier molecular flexibility index (Phi) is 6.27. The lowest BCUT2D eigenvalue weighted by Gasteiger charge is -2.26. The summed E-state index contributed by atoms with van der Waals surface area (Å²) < 4.78 is 5.32. The second-order valence-corrected chi connectivity index (χ2v) is 7.77. The van der Waals surface area contributed by atoms with Crippen molar-refractivity contribution in [2.45, 2.75) is 27.3 Å². The first-order valence-corrected chi connectivity index (χ1v) is 9.80. The van der Waals surface area contributed by atoms with E-state index in [1.165, 1.54) is 16.1 Å². The number of benzene rings is 1. The molecule has 1 saturated heterocycles. The molecule has 3 rings (SSSR count). The molecule has 2 heterocycles. The Morgan fingerprint density at radius 2 is 2.00 bits per heavy atom. The SMILES string of the molecule is Cc1c(Cl)cccc1N1CN(C(=O)CN(Cc2ccco2)C(=O)C(C)C)CC1=O. The van der Waals surface area contributed by atoms with Gasteiger partial charge in [0, 0.05) is 16.6 Å². The maximum Gasteiger partial charge on any atom is 0.248 e. The fourth-order valence-corrected chi connectivity index (χ4v) is 3.41. The first-order valence-electron chi connectivity index (χ1n) is 9.42. The number of carbonyl (C=O) groups excluding carboxylic acids is 3. The van der Waals surface area contributed by atoms with Crippen molar-refractivity contribution >= 4 is 35.0 Å². The smallest absolute Gasteiger partial charge is 0.248 e. The average molecular weight is 418 g/mol. The number of anilines is 1. The van der Waals surface area contributed by atoms with E-state index in [-0.39, 0.29) is 49.9 Å². The summed E-state index contributed by atoms with van der Waals surface area (Å²) in [5.41, 5.74) is 1.47. The van der Waals surface area contributed by atoms with Gasteiger partial charge >= 0.3 is 0 Å². The number of nitrogens with zero attached hydrogens (tertiary/aromatic N) is 3. The number of hydrogen-bond donors (Lipinski definition) is 0. The van der Waals surface area contributed by atoms with Crippen LogP contribution >= 0.6 is 11.6 Å². The number of amides is 3. The van der Waals surface area contributed by atoms with E-state index in [0.717, 1.165) is 5.56 Å². The average Bonchev–Trinajstić information content (AvgIpc) is 3.32. The van der Waals surface area contributed by atoms with Crippen LogP contribution in [0.3, 0.4) is 0 Å². The number of furan rings is 1. The molecule has 29 heavy (non-hydrogen) atoms. The van der Waals surface area contributed by atoms with E-state index in [1.54, 1.807) is 49.1 Å². The van der Waals surface area contributed by atoms with Crippen molar-refractivity contribution in [1.29, 1.82) is 0 Å². The number of rotatable bonds is 6. The van der Waals surface area contributed by atoms with Crippen LogP contribution in [0.2, 0.25) is 5.02 Å². The highest BCUT2D eigenvalue weighted by Gasteiger charge is 2.34. The molecule has 0 radical (unpaired) electrons. The molecule has 2 aromatic rings. The standard InChI is InChI=1S/C21H24ClN3O4/c1-14(2)21(28)23(10-16-6-5-9-29-16)11-19(26)24-12-20(27)25(13-24)18-8-4-7-17(22)15(18)3/h4-9,14H,10-13H2,1-3H3. The number of carbonyl (C=O) groups is 3. The normalized spacial score (nSPS) is 14.0. The molecule has 0 saturated carbocycles. The van der Waals surface area contributed by atoms with E-state index in [2.05, 4.69) is 0 Å². The van der Waals surface area contributed by atoms with Crippen LogP contribution in [0.1, 0.15) is 25.2 Å². The first kappa shape index (κ1) is 20.9. The molecular weight excluding hydrogens is 394 g/mol. The highest BCUT2D eigenvalue weighted by molar-refractivity contribution is 6.31. The topological polar surface area (TPSA) is 74.1 Å². The van der Waals surface area contributed by atoms with Crippen LogP contribution in [0.4, 0.5) is 5.69 Å². The van der Waals surface area contributed by atoms with Crippen LogP contribution in [0.5, 0.6) is 0 Å². The third-order valence-electron chi connectivity index (χ3n) is 4.88. The van der Waals surface area contributed by atoms with E-state index in [1.807, 2.05) is 6.92 Å². The second-order valence-electron chi connectivity index (χ2n) is 7.37. The van der Waals surface area contributed by atoms with Gasteiger partial charge in [-0.25, -0.2) is 0 Å². The van der Waals surface area contributed by atoms with Gasteiger partial charge in [-0.3, -0.25) is 19.3 Å². The molecule has 1 fully saturated rings. The molecular formula is C21H24ClN3O4. The van der Waals surface area contributed by atoms with Crippen LogP contribution < -0.4 is 4.90 Å². The van der Waals surface area contributed by atoms with E-state index >= 15 is 0 Å². The molecule has 8 heteroatoms. The van der Waals surface area contributed by atoms with Gasteiger partial charge in [-0.1, -0.05) is 31.5 Å². The van der Waals surface area contributed by atoms with Crippen molar-refractivity contribution < 1.29 is 18.8 Å². The van der Waals surface area contributed by atoms with Gasteiger partial charge in [0.1, 0.15) is 25.5 Å². The van der Waals surface area contributed by atoms with E-state index in [4.69, 9.17) is 16.0 Å². The fraction of sp³-hybridized carbons (Fsp3) is 0.381. The van der Waals surface area contributed by atoms with Crippen LogP contribution in [0.15, 0.2) is 41.0 Å². The molecule has 1 aliphatic rings. The van der Waals surface area contributed by atoms with Crippen LogP contribution in [-0.2, 0) is 20.9 Å². The summed E-state index contributed by atoms with van der Waals surface area (Å²) in [7, 11) is 0. The summed E-state index contributed by atoms with van der Waals surface area (Å²) in [6, 6.07) is 8.83. The second kappa shape index (κ2) is 8.69. The largest absolute Gasteiger partial charge is 0.467 e. The fourth-order valence-electron chi connectivity index (χ4n) is 3.25. The monoisotopic (exact) mass is 417 g/mol. The molecule has 0 spiro atoms. The first-order chi connectivity index (χ1) is 13.8. The van der Waals surface area contributed by atoms with Gasteiger partial charge in [0.05, 0.1) is 12.8 Å². The zero-order valence-corrected chi connectivity index (χ0v) is 17.5. The summed E-state index contributed by atoms with van der Waals surface area (Å²) in [5, 5.41) is 0.562. The molecule has 3 amide bonds. The third kappa shape index (κ3) is 4.62. The van der Waals surface area contributed by atoms with Crippen molar-refractivity contribution in [2.75, 3.05) is 24.7 Å². The maximum atomic E-state index is 12.9. The van der Waals surface area contributed by atoms with Crippen molar-refractivity contribution in [2.24, 2.45) is 5.92 Å². The summed E-state index contributed by atoms with van der Waals surface area (Å²) in [6.07, 6.45) is 1.53. The summed E-state index contributed by atoms with van der Waals surface area (Å²) in [5.74, 6) is -0.288. The van der Waals surface area contributed by atoms with E-state index in [0.29, 0.717) is 16.5 Å². The lowest BCUT2D eigenvalue weighted by molar-refractivity contribution is -0.142. The minimum Gasteiger partial charge on any atom is -0.467 e. The molecule has 0 N–H and O–H groups in total. The van der Waals surface area contributed by atoms with Gasteiger partial charge in [0.25, 0.3) is 0 Å². The van der Waals surface area contributed by atoms with Crippen LogP contribution in [0, 0.1) is 12.8 Å². The highest BCUT2D eigenvalue weighted by Crippen LogP contribution is 2.28. The number of halogens is 1. The molecule has 154 valence electrons. The minimum absolute atomic E-state index is 0.0325. The Bertz CT molecular complexity index is 911. The zero-order chi connectivity index (χ0) is 21.1. The van der Waals surface area contributed by atoms with Crippen molar-refractivity contribution in [3.63, 3.8) is 0 Å². The summed E-state index contributed by atoms with van der Waals surface area (Å²) in [4.78, 5) is 42.4. The molecule has 0 bridgehead atoms. The Balaban J connectivity index is 1.72. The van der Waals surface area contributed by atoms with Gasteiger partial charge in [0.2, 0.25) is 17.7 Å². The predicted octanol–water partition coefficient (Wildman–Crippen LogP) is 3.06.